The first-order chi connectivity index (χ1) is 23.0. The highest BCUT2D eigenvalue weighted by atomic mass is 16.5. The average molecular weight is 651 g/mol. The molecule has 1 fully saturated rings. The number of aromatic hydroxyl groups is 4. The van der Waals surface area contributed by atoms with Crippen LogP contribution in [0.1, 0.15) is 84.0 Å². The first-order valence-electron chi connectivity index (χ1n) is 16.4. The van der Waals surface area contributed by atoms with E-state index in [9.17, 15) is 20.4 Å². The fourth-order valence-corrected chi connectivity index (χ4v) is 8.26. The normalized spacial score (nSPS) is 26.6. The van der Waals surface area contributed by atoms with E-state index in [2.05, 4.69) is 6.92 Å². The van der Waals surface area contributed by atoms with Crippen LogP contribution < -0.4 is 9.47 Å². The van der Waals surface area contributed by atoms with Crippen molar-refractivity contribution < 1.29 is 39.4 Å². The predicted molar refractivity (Wildman–Crippen MR) is 181 cm³/mol. The average Bonchev–Trinajstić information content (AvgIpc) is 3.59. The lowest BCUT2D eigenvalue weighted by molar-refractivity contribution is 0.00316. The Morgan fingerprint density at radius 3 is 1.85 bits per heavy atom. The van der Waals surface area contributed by atoms with Crippen molar-refractivity contribution in [3.63, 3.8) is 0 Å². The highest BCUT2D eigenvalue weighted by molar-refractivity contribution is 5.50. The highest BCUT2D eigenvalue weighted by Gasteiger charge is 2.58. The fourth-order valence-electron chi connectivity index (χ4n) is 8.26. The van der Waals surface area contributed by atoms with E-state index < -0.39 is 6.10 Å². The van der Waals surface area contributed by atoms with Crippen molar-refractivity contribution in [2.24, 2.45) is 11.3 Å². The van der Waals surface area contributed by atoms with Gasteiger partial charge in [0, 0.05) is 5.41 Å². The van der Waals surface area contributed by atoms with Crippen LogP contribution >= 0.6 is 0 Å². The van der Waals surface area contributed by atoms with Crippen LogP contribution in [0.2, 0.25) is 0 Å². The largest absolute Gasteiger partial charge is 0.508 e. The topological polar surface area (TPSA) is 118 Å². The first kappa shape index (κ1) is 31.9. The van der Waals surface area contributed by atoms with Crippen molar-refractivity contribution in [3.05, 3.63) is 117 Å². The standard InChI is InChI=1S/C40H42O8/c1-21-16-24(6-10-30(21)41)36-23(3)40(39(48-36)27-9-13-34(45-4)33(44)18-27)15-14-28-29(20-40)38(26-8-12-32(43)35(19-26)46-5)47-37(28)25-7-11-31(42)22(2)17-25/h6-13,16-19,23,36-39,41-44H,14-15,20H2,1-5H3/t23-,36-,37-,38+,39-,40-/m0/s1. The minimum absolute atomic E-state index is 0.0507. The van der Waals surface area contributed by atoms with Gasteiger partial charge in [-0.1, -0.05) is 31.2 Å². The second-order valence-corrected chi connectivity index (χ2v) is 13.5. The van der Waals surface area contributed by atoms with E-state index in [4.69, 9.17) is 18.9 Å². The molecule has 2 aliphatic heterocycles. The van der Waals surface area contributed by atoms with E-state index in [-0.39, 0.29) is 52.6 Å². The minimum Gasteiger partial charge on any atom is -0.508 e. The molecule has 8 nitrogen and oxygen atoms in total. The van der Waals surface area contributed by atoms with Crippen molar-refractivity contribution in [1.82, 2.24) is 0 Å². The maximum absolute atomic E-state index is 10.9. The molecule has 4 N–H and O–H groups in total. The molecule has 0 radical (unpaired) electrons. The van der Waals surface area contributed by atoms with Gasteiger partial charge in [0.15, 0.2) is 23.0 Å². The maximum Gasteiger partial charge on any atom is 0.160 e. The zero-order valence-electron chi connectivity index (χ0n) is 27.9. The molecule has 1 spiro atoms. The van der Waals surface area contributed by atoms with E-state index in [0.717, 1.165) is 46.2 Å². The van der Waals surface area contributed by atoms with Crippen LogP contribution in [0.25, 0.3) is 0 Å². The molecule has 250 valence electrons. The van der Waals surface area contributed by atoms with Gasteiger partial charge < -0.3 is 39.4 Å². The smallest absolute Gasteiger partial charge is 0.160 e. The summed E-state index contributed by atoms with van der Waals surface area (Å²) in [4.78, 5) is 0. The van der Waals surface area contributed by atoms with Crippen LogP contribution in [-0.4, -0.2) is 34.6 Å². The van der Waals surface area contributed by atoms with Gasteiger partial charge in [-0.05, 0) is 132 Å². The van der Waals surface area contributed by atoms with Gasteiger partial charge in [-0.3, -0.25) is 0 Å². The lowest BCUT2D eigenvalue weighted by atomic mass is 9.59. The molecule has 48 heavy (non-hydrogen) atoms. The van der Waals surface area contributed by atoms with Gasteiger partial charge in [0.2, 0.25) is 0 Å². The van der Waals surface area contributed by atoms with Gasteiger partial charge in [-0.2, -0.15) is 0 Å². The summed E-state index contributed by atoms with van der Waals surface area (Å²) in [7, 11) is 3.07. The van der Waals surface area contributed by atoms with E-state index in [1.807, 2.05) is 56.3 Å². The van der Waals surface area contributed by atoms with E-state index in [1.165, 1.54) is 25.4 Å². The molecule has 7 rings (SSSR count). The molecule has 8 heteroatoms. The number of rotatable bonds is 6. The number of hydrogen-bond acceptors (Lipinski definition) is 8. The van der Waals surface area contributed by atoms with Crippen molar-refractivity contribution in [1.29, 1.82) is 0 Å². The van der Waals surface area contributed by atoms with Gasteiger partial charge >= 0.3 is 0 Å². The lowest BCUT2D eigenvalue weighted by Crippen LogP contribution is -2.34. The number of ether oxygens (including phenoxy) is 4. The second-order valence-electron chi connectivity index (χ2n) is 13.5. The Kier molecular flexibility index (Phi) is 8.04. The lowest BCUT2D eigenvalue weighted by Gasteiger charge is -2.42. The van der Waals surface area contributed by atoms with Crippen LogP contribution in [0.3, 0.4) is 0 Å². The van der Waals surface area contributed by atoms with Crippen molar-refractivity contribution in [2.75, 3.05) is 14.2 Å². The van der Waals surface area contributed by atoms with Gasteiger partial charge in [0.1, 0.15) is 23.7 Å². The van der Waals surface area contributed by atoms with Crippen LogP contribution in [0.5, 0.6) is 34.5 Å². The summed E-state index contributed by atoms with van der Waals surface area (Å²) in [6.45, 7) is 6.03. The van der Waals surface area contributed by atoms with Crippen molar-refractivity contribution in [2.45, 2.75) is 64.4 Å². The Balaban J connectivity index is 1.37. The molecule has 2 heterocycles. The second kappa shape index (κ2) is 12.1. The van der Waals surface area contributed by atoms with Gasteiger partial charge in [0.05, 0.1) is 26.4 Å². The third-order valence-electron chi connectivity index (χ3n) is 10.9. The summed E-state index contributed by atoms with van der Waals surface area (Å²) in [5.74, 6) is 1.43. The van der Waals surface area contributed by atoms with Crippen LogP contribution in [0, 0.1) is 25.2 Å². The van der Waals surface area contributed by atoms with Crippen molar-refractivity contribution >= 4 is 0 Å². The van der Waals surface area contributed by atoms with Crippen LogP contribution in [0.15, 0.2) is 83.9 Å². The van der Waals surface area contributed by atoms with E-state index >= 15 is 0 Å². The Bertz CT molecular complexity index is 1910. The third-order valence-corrected chi connectivity index (χ3v) is 10.9. The number of phenolic OH excluding ortho intramolecular Hbond substituents is 4. The molecule has 0 amide bonds. The quantitative estimate of drug-likeness (QED) is 0.153. The number of phenols is 4. The molecule has 0 bridgehead atoms. The Hall–Kier alpha value is -4.66. The maximum atomic E-state index is 10.9. The summed E-state index contributed by atoms with van der Waals surface area (Å²) < 4.78 is 24.9. The predicted octanol–water partition coefficient (Wildman–Crippen LogP) is 8.57. The highest BCUT2D eigenvalue weighted by Crippen LogP contribution is 2.67. The van der Waals surface area contributed by atoms with Crippen molar-refractivity contribution in [3.8, 4) is 34.5 Å². The molecule has 0 saturated carbocycles. The van der Waals surface area contributed by atoms with Gasteiger partial charge in [-0.25, -0.2) is 0 Å². The summed E-state index contributed by atoms with van der Waals surface area (Å²) in [5, 5.41) is 41.9. The van der Waals surface area contributed by atoms with E-state index in [1.54, 1.807) is 30.3 Å². The zero-order valence-corrected chi connectivity index (χ0v) is 27.9. The SMILES string of the molecule is COc1ccc([C@@H]2O[C@H](c3ccc(O)c(C)c3)[C@H](C)[C@@]23CCC2=C(C3)[C@@H](c3ccc(O)c(OC)c3)O[C@H]2c2ccc(O)c(C)c2)cc1O. The summed E-state index contributed by atoms with van der Waals surface area (Å²) in [6.07, 6.45) is 0.930. The molecule has 4 aromatic rings. The minimum atomic E-state index is -0.405. The summed E-state index contributed by atoms with van der Waals surface area (Å²) >= 11 is 0. The first-order valence-corrected chi connectivity index (χ1v) is 16.4. The molecular weight excluding hydrogens is 608 g/mol. The monoisotopic (exact) mass is 650 g/mol. The Morgan fingerprint density at radius 2 is 1.21 bits per heavy atom. The molecule has 1 aliphatic carbocycles. The van der Waals surface area contributed by atoms with E-state index in [0.29, 0.717) is 17.9 Å². The number of benzene rings is 4. The van der Waals surface area contributed by atoms with Gasteiger partial charge in [0.25, 0.3) is 0 Å². The summed E-state index contributed by atoms with van der Waals surface area (Å²) in [5.41, 5.74) is 7.31. The third kappa shape index (κ3) is 5.15. The number of aryl methyl sites for hydroxylation is 2. The fraction of sp³-hybridized carbons (Fsp3) is 0.350. The molecule has 3 aliphatic rings. The Labute approximate surface area is 280 Å². The molecule has 1 saturated heterocycles. The number of methoxy groups -OCH3 is 2. The molecule has 4 aromatic carbocycles. The Morgan fingerprint density at radius 1 is 0.625 bits per heavy atom. The van der Waals surface area contributed by atoms with Crippen LogP contribution in [-0.2, 0) is 9.47 Å². The molecule has 6 atom stereocenters. The zero-order chi connectivity index (χ0) is 33.9. The summed E-state index contributed by atoms with van der Waals surface area (Å²) in [6, 6.07) is 22.2. The van der Waals surface area contributed by atoms with Gasteiger partial charge in [-0.15, -0.1) is 0 Å². The van der Waals surface area contributed by atoms with Crippen LogP contribution in [0.4, 0.5) is 0 Å². The molecule has 0 aromatic heterocycles. The number of hydrogen-bond donors (Lipinski definition) is 4. The molecule has 0 unspecified atom stereocenters. The molecular formula is C40H42O8.